The maximum Gasteiger partial charge on any atom is 0.410 e. The summed E-state index contributed by atoms with van der Waals surface area (Å²) in [4.78, 5) is 14.0. The summed E-state index contributed by atoms with van der Waals surface area (Å²) in [6.45, 7) is 8.80. The van der Waals surface area contributed by atoms with Gasteiger partial charge in [0.25, 0.3) is 0 Å². The summed E-state index contributed by atoms with van der Waals surface area (Å²) >= 11 is 0. The zero-order chi connectivity index (χ0) is 13.0. The lowest BCUT2D eigenvalue weighted by Crippen LogP contribution is -2.41. The quantitative estimate of drug-likeness (QED) is 0.714. The molecule has 3 heteroatoms. The van der Waals surface area contributed by atoms with Crippen molar-refractivity contribution in [2.75, 3.05) is 13.1 Å². The monoisotopic (exact) mass is 251 g/mol. The largest absolute Gasteiger partial charge is 0.445 e. The van der Waals surface area contributed by atoms with Crippen LogP contribution in [0.1, 0.15) is 52.9 Å². The Hall–Kier alpha value is -0.730. The van der Waals surface area contributed by atoms with Gasteiger partial charge < -0.3 is 9.64 Å². The molecule has 2 saturated carbocycles. The second-order valence-electron chi connectivity index (χ2n) is 7.18. The first-order valence-electron chi connectivity index (χ1n) is 7.41. The maximum atomic E-state index is 12.1. The van der Waals surface area contributed by atoms with E-state index in [4.69, 9.17) is 4.74 Å². The highest BCUT2D eigenvalue weighted by molar-refractivity contribution is 5.68. The summed E-state index contributed by atoms with van der Waals surface area (Å²) in [6.07, 6.45) is 5.92. The number of carbonyl (C=O) groups is 1. The highest BCUT2D eigenvalue weighted by atomic mass is 16.6. The molecule has 3 unspecified atom stereocenters. The molecule has 3 nitrogen and oxygen atoms in total. The number of likely N-dealkylation sites (tertiary alicyclic amines) is 1. The van der Waals surface area contributed by atoms with Gasteiger partial charge in [0.1, 0.15) is 6.10 Å². The topological polar surface area (TPSA) is 29.5 Å². The van der Waals surface area contributed by atoms with E-state index in [9.17, 15) is 4.79 Å². The van der Waals surface area contributed by atoms with Crippen LogP contribution in [0.3, 0.4) is 0 Å². The molecule has 2 bridgehead atoms. The molecule has 0 aromatic carbocycles. The van der Waals surface area contributed by atoms with E-state index in [-0.39, 0.29) is 17.6 Å². The lowest BCUT2D eigenvalue weighted by atomic mass is 9.70. The Balaban J connectivity index is 1.70. The van der Waals surface area contributed by atoms with E-state index in [0.29, 0.717) is 5.41 Å². The van der Waals surface area contributed by atoms with Gasteiger partial charge in [0.15, 0.2) is 0 Å². The Morgan fingerprint density at radius 2 is 1.89 bits per heavy atom. The van der Waals surface area contributed by atoms with E-state index in [0.717, 1.165) is 38.3 Å². The molecule has 3 atom stereocenters. The van der Waals surface area contributed by atoms with Crippen molar-refractivity contribution in [3.8, 4) is 0 Å². The first-order chi connectivity index (χ1) is 8.45. The molecule has 2 aliphatic carbocycles. The molecule has 3 aliphatic rings. The summed E-state index contributed by atoms with van der Waals surface area (Å²) in [5.41, 5.74) is 0.510. The molecule has 3 rings (SSSR count). The molecule has 0 aromatic rings. The Bertz CT molecular complexity index is 360. The van der Waals surface area contributed by atoms with Crippen molar-refractivity contribution in [1.82, 2.24) is 4.90 Å². The highest BCUT2D eigenvalue weighted by Crippen LogP contribution is 2.66. The number of nitrogens with zero attached hydrogens (tertiary/aromatic N) is 1. The second kappa shape index (κ2) is 3.88. The number of hydrogen-bond acceptors (Lipinski definition) is 2. The molecule has 0 spiro atoms. The van der Waals surface area contributed by atoms with Crippen LogP contribution in [0.5, 0.6) is 0 Å². The van der Waals surface area contributed by atoms with Crippen molar-refractivity contribution >= 4 is 6.09 Å². The minimum absolute atomic E-state index is 0.0675. The van der Waals surface area contributed by atoms with Crippen molar-refractivity contribution in [3.63, 3.8) is 0 Å². The van der Waals surface area contributed by atoms with Gasteiger partial charge in [0.05, 0.1) is 0 Å². The van der Waals surface area contributed by atoms with Crippen molar-refractivity contribution in [3.05, 3.63) is 0 Å². The number of ether oxygens (including phenoxy) is 1. The Morgan fingerprint density at radius 3 is 2.39 bits per heavy atom. The third-order valence-corrected chi connectivity index (χ3v) is 6.32. The molecular weight excluding hydrogens is 226 g/mol. The fourth-order valence-electron chi connectivity index (χ4n) is 4.40. The first-order valence-corrected chi connectivity index (χ1v) is 7.41. The Morgan fingerprint density at radius 1 is 1.22 bits per heavy atom. The third kappa shape index (κ3) is 1.52. The molecule has 0 radical (unpaired) electrons. The summed E-state index contributed by atoms with van der Waals surface area (Å²) in [5, 5.41) is 0. The lowest BCUT2D eigenvalue weighted by molar-refractivity contribution is -0.0165. The van der Waals surface area contributed by atoms with Gasteiger partial charge in [-0.3, -0.25) is 0 Å². The Kier molecular flexibility index (Phi) is 2.65. The van der Waals surface area contributed by atoms with Gasteiger partial charge in [-0.15, -0.1) is 0 Å². The first kappa shape index (κ1) is 12.3. The fraction of sp³-hybridized carbons (Fsp3) is 0.933. The summed E-state index contributed by atoms with van der Waals surface area (Å²) in [6, 6.07) is 0. The van der Waals surface area contributed by atoms with Crippen LogP contribution >= 0.6 is 0 Å². The SMILES string of the molecule is CC1(C)C2CCC1(C)C(OC(=O)N1CCCC1)C2. The van der Waals surface area contributed by atoms with Crippen LogP contribution in [0.15, 0.2) is 0 Å². The van der Waals surface area contributed by atoms with Crippen LogP contribution < -0.4 is 0 Å². The van der Waals surface area contributed by atoms with Crippen LogP contribution in [-0.2, 0) is 4.74 Å². The Labute approximate surface area is 110 Å². The average Bonchev–Trinajstić information content (AvgIpc) is 2.95. The number of hydrogen-bond donors (Lipinski definition) is 0. The minimum Gasteiger partial charge on any atom is -0.445 e. The van der Waals surface area contributed by atoms with Crippen LogP contribution in [0.2, 0.25) is 0 Å². The molecule has 102 valence electrons. The second-order valence-corrected chi connectivity index (χ2v) is 7.18. The molecule has 3 fully saturated rings. The van der Waals surface area contributed by atoms with Gasteiger partial charge in [0.2, 0.25) is 0 Å². The van der Waals surface area contributed by atoms with Gasteiger partial charge in [-0.2, -0.15) is 0 Å². The predicted octanol–water partition coefficient (Wildman–Crippen LogP) is 3.43. The number of rotatable bonds is 1. The van der Waals surface area contributed by atoms with E-state index >= 15 is 0 Å². The fourth-order valence-corrected chi connectivity index (χ4v) is 4.40. The smallest absolute Gasteiger partial charge is 0.410 e. The zero-order valence-electron chi connectivity index (χ0n) is 11.9. The van der Waals surface area contributed by atoms with Gasteiger partial charge in [-0.25, -0.2) is 4.79 Å². The highest BCUT2D eigenvalue weighted by Gasteiger charge is 2.63. The van der Waals surface area contributed by atoms with E-state index in [1.54, 1.807) is 0 Å². The average molecular weight is 251 g/mol. The van der Waals surface area contributed by atoms with Crippen molar-refractivity contribution < 1.29 is 9.53 Å². The van der Waals surface area contributed by atoms with Crippen molar-refractivity contribution in [2.24, 2.45) is 16.7 Å². The lowest BCUT2D eigenvalue weighted by Gasteiger charge is -2.38. The van der Waals surface area contributed by atoms with E-state index in [1.807, 2.05) is 4.90 Å². The maximum absolute atomic E-state index is 12.1. The molecular formula is C15H25NO2. The summed E-state index contributed by atoms with van der Waals surface area (Å²) in [5.74, 6) is 0.735. The van der Waals surface area contributed by atoms with Crippen LogP contribution in [0.4, 0.5) is 4.79 Å². The van der Waals surface area contributed by atoms with E-state index in [1.165, 1.54) is 12.8 Å². The number of amides is 1. The number of fused-ring (bicyclic) bond motifs is 2. The van der Waals surface area contributed by atoms with E-state index < -0.39 is 0 Å². The standard InChI is InChI=1S/C15H25NO2/c1-14(2)11-6-7-15(14,3)12(10-11)18-13(17)16-8-4-5-9-16/h11-12H,4-10H2,1-3H3. The van der Waals surface area contributed by atoms with Crippen molar-refractivity contribution in [1.29, 1.82) is 0 Å². The van der Waals surface area contributed by atoms with Crippen LogP contribution in [-0.4, -0.2) is 30.2 Å². The van der Waals surface area contributed by atoms with Gasteiger partial charge in [-0.05, 0) is 43.4 Å². The minimum atomic E-state index is -0.0675. The van der Waals surface area contributed by atoms with Crippen molar-refractivity contribution in [2.45, 2.75) is 59.0 Å². The van der Waals surface area contributed by atoms with Gasteiger partial charge in [-0.1, -0.05) is 20.8 Å². The molecule has 1 aliphatic heterocycles. The molecule has 1 amide bonds. The zero-order valence-corrected chi connectivity index (χ0v) is 11.9. The molecule has 1 heterocycles. The van der Waals surface area contributed by atoms with E-state index in [2.05, 4.69) is 20.8 Å². The molecule has 18 heavy (non-hydrogen) atoms. The molecule has 0 aromatic heterocycles. The summed E-state index contributed by atoms with van der Waals surface area (Å²) in [7, 11) is 0. The van der Waals surface area contributed by atoms with Crippen LogP contribution in [0, 0.1) is 16.7 Å². The molecule has 1 saturated heterocycles. The van der Waals surface area contributed by atoms with Gasteiger partial charge >= 0.3 is 6.09 Å². The summed E-state index contributed by atoms with van der Waals surface area (Å²) < 4.78 is 5.85. The third-order valence-electron chi connectivity index (χ3n) is 6.32. The predicted molar refractivity (Wildman–Crippen MR) is 70.3 cm³/mol. The number of carbonyl (C=O) groups excluding carboxylic acids is 1. The molecule has 0 N–H and O–H groups in total. The van der Waals surface area contributed by atoms with Crippen LogP contribution in [0.25, 0.3) is 0 Å². The van der Waals surface area contributed by atoms with Gasteiger partial charge in [0, 0.05) is 18.5 Å². The normalized spacial score (nSPS) is 41.4.